The van der Waals surface area contributed by atoms with E-state index in [1.165, 1.54) is 12.0 Å². The molecule has 1 aromatic carbocycles. The molecule has 2 nitrogen and oxygen atoms in total. The van der Waals surface area contributed by atoms with Crippen molar-refractivity contribution in [3.8, 4) is 0 Å². The van der Waals surface area contributed by atoms with Gasteiger partial charge in [-0.2, -0.15) is 0 Å². The fraction of sp³-hybridized carbons (Fsp3) is 0.625. The summed E-state index contributed by atoms with van der Waals surface area (Å²) in [7, 11) is 2.00. The van der Waals surface area contributed by atoms with Crippen LogP contribution in [-0.2, 0) is 11.2 Å². The van der Waals surface area contributed by atoms with Gasteiger partial charge in [-0.05, 0) is 56.5 Å². The Morgan fingerprint density at radius 3 is 2.84 bits per heavy atom. The van der Waals surface area contributed by atoms with E-state index < -0.39 is 0 Å². The summed E-state index contributed by atoms with van der Waals surface area (Å²) in [6.07, 6.45) is 4.50. The Kier molecular flexibility index (Phi) is 8.89. The molecule has 1 rings (SSSR count). The SMILES string of the molecule is CCCCOCCC(CNC)Cc1cccc(Cl)c1. The molecule has 0 radical (unpaired) electrons. The molecule has 0 fully saturated rings. The summed E-state index contributed by atoms with van der Waals surface area (Å²) in [5.74, 6) is 0.602. The van der Waals surface area contributed by atoms with Gasteiger partial charge in [0, 0.05) is 18.2 Å². The van der Waals surface area contributed by atoms with Crippen molar-refractivity contribution in [1.29, 1.82) is 0 Å². The van der Waals surface area contributed by atoms with Crippen LogP contribution in [0.5, 0.6) is 0 Å². The number of nitrogens with one attached hydrogen (secondary N) is 1. The molecule has 0 saturated carbocycles. The van der Waals surface area contributed by atoms with E-state index in [1.807, 2.05) is 19.2 Å². The molecule has 108 valence electrons. The number of benzene rings is 1. The lowest BCUT2D eigenvalue weighted by atomic mass is 9.96. The Morgan fingerprint density at radius 2 is 2.16 bits per heavy atom. The van der Waals surface area contributed by atoms with E-state index >= 15 is 0 Å². The van der Waals surface area contributed by atoms with Gasteiger partial charge in [0.1, 0.15) is 0 Å². The number of unbranched alkanes of at least 4 members (excludes halogenated alkanes) is 1. The van der Waals surface area contributed by atoms with E-state index in [-0.39, 0.29) is 0 Å². The molecule has 0 aromatic heterocycles. The molecule has 0 aliphatic heterocycles. The van der Waals surface area contributed by atoms with Gasteiger partial charge in [0.2, 0.25) is 0 Å². The Labute approximate surface area is 122 Å². The second-order valence-corrected chi connectivity index (χ2v) is 5.45. The Morgan fingerprint density at radius 1 is 1.32 bits per heavy atom. The van der Waals surface area contributed by atoms with Crippen molar-refractivity contribution in [3.05, 3.63) is 34.9 Å². The standard InChI is InChI=1S/C16H26ClNO/c1-3-4-9-19-10-8-15(13-18-2)11-14-6-5-7-16(17)12-14/h5-7,12,15,18H,3-4,8-11,13H2,1-2H3. The van der Waals surface area contributed by atoms with Gasteiger partial charge in [0.15, 0.2) is 0 Å². The molecule has 0 aliphatic carbocycles. The normalized spacial score (nSPS) is 12.6. The van der Waals surface area contributed by atoms with Gasteiger partial charge < -0.3 is 10.1 Å². The Balaban J connectivity index is 2.35. The minimum absolute atomic E-state index is 0.602. The predicted molar refractivity (Wildman–Crippen MR) is 82.9 cm³/mol. The van der Waals surface area contributed by atoms with Crippen molar-refractivity contribution in [2.75, 3.05) is 26.8 Å². The summed E-state index contributed by atoms with van der Waals surface area (Å²) in [5, 5.41) is 4.09. The van der Waals surface area contributed by atoms with Crippen LogP contribution in [-0.4, -0.2) is 26.8 Å². The van der Waals surface area contributed by atoms with Crippen LogP contribution in [0.4, 0.5) is 0 Å². The topological polar surface area (TPSA) is 21.3 Å². The minimum Gasteiger partial charge on any atom is -0.381 e. The molecule has 0 saturated heterocycles. The van der Waals surface area contributed by atoms with E-state index in [4.69, 9.17) is 16.3 Å². The highest BCUT2D eigenvalue weighted by Crippen LogP contribution is 2.16. The number of halogens is 1. The quantitative estimate of drug-likeness (QED) is 0.657. The number of ether oxygens (including phenoxy) is 1. The van der Waals surface area contributed by atoms with Gasteiger partial charge in [-0.15, -0.1) is 0 Å². The fourth-order valence-corrected chi connectivity index (χ4v) is 2.37. The lowest BCUT2D eigenvalue weighted by Gasteiger charge is -2.17. The van der Waals surface area contributed by atoms with Gasteiger partial charge in [-0.25, -0.2) is 0 Å². The second kappa shape index (κ2) is 10.2. The third kappa shape index (κ3) is 7.56. The van der Waals surface area contributed by atoms with Crippen molar-refractivity contribution < 1.29 is 4.74 Å². The molecule has 0 aliphatic rings. The molecule has 1 atom stereocenters. The highest BCUT2D eigenvalue weighted by Gasteiger charge is 2.09. The average molecular weight is 284 g/mol. The van der Waals surface area contributed by atoms with Crippen LogP contribution >= 0.6 is 11.6 Å². The summed E-state index contributed by atoms with van der Waals surface area (Å²) in [5.41, 5.74) is 1.31. The Bertz CT molecular complexity index is 343. The first kappa shape index (κ1) is 16.5. The van der Waals surface area contributed by atoms with Crippen LogP contribution < -0.4 is 5.32 Å². The zero-order valence-corrected chi connectivity index (χ0v) is 12.9. The summed E-state index contributed by atoms with van der Waals surface area (Å²) < 4.78 is 5.66. The maximum atomic E-state index is 6.03. The Hall–Kier alpha value is -0.570. The first-order chi connectivity index (χ1) is 9.26. The molecule has 19 heavy (non-hydrogen) atoms. The van der Waals surface area contributed by atoms with E-state index in [2.05, 4.69) is 24.4 Å². The van der Waals surface area contributed by atoms with E-state index in [0.717, 1.165) is 44.0 Å². The highest BCUT2D eigenvalue weighted by molar-refractivity contribution is 6.30. The van der Waals surface area contributed by atoms with Crippen LogP contribution in [0, 0.1) is 5.92 Å². The fourth-order valence-electron chi connectivity index (χ4n) is 2.16. The number of hydrogen-bond acceptors (Lipinski definition) is 2. The highest BCUT2D eigenvalue weighted by atomic mass is 35.5. The smallest absolute Gasteiger partial charge is 0.0469 e. The lowest BCUT2D eigenvalue weighted by Crippen LogP contribution is -2.22. The zero-order chi connectivity index (χ0) is 13.9. The van der Waals surface area contributed by atoms with Gasteiger partial charge in [-0.1, -0.05) is 37.1 Å². The average Bonchev–Trinajstić information content (AvgIpc) is 2.38. The summed E-state index contributed by atoms with van der Waals surface area (Å²) in [6.45, 7) is 4.95. The second-order valence-electron chi connectivity index (χ2n) is 5.01. The van der Waals surface area contributed by atoms with Gasteiger partial charge in [0.25, 0.3) is 0 Å². The lowest BCUT2D eigenvalue weighted by molar-refractivity contribution is 0.117. The van der Waals surface area contributed by atoms with E-state index in [9.17, 15) is 0 Å². The molecule has 0 amide bonds. The third-order valence-corrected chi connectivity index (χ3v) is 3.45. The molecule has 1 aromatic rings. The maximum absolute atomic E-state index is 6.03. The molecular formula is C16H26ClNO. The monoisotopic (exact) mass is 283 g/mol. The summed E-state index contributed by atoms with van der Waals surface area (Å²) in [4.78, 5) is 0. The maximum Gasteiger partial charge on any atom is 0.0469 e. The van der Waals surface area contributed by atoms with E-state index in [1.54, 1.807) is 0 Å². The summed E-state index contributed by atoms with van der Waals surface area (Å²) in [6, 6.07) is 8.15. The first-order valence-corrected chi connectivity index (χ1v) is 7.60. The van der Waals surface area contributed by atoms with Crippen LogP contribution in [0.2, 0.25) is 5.02 Å². The predicted octanol–water partition coefficient (Wildman–Crippen LogP) is 3.92. The van der Waals surface area contributed by atoms with Crippen molar-refractivity contribution in [1.82, 2.24) is 5.32 Å². The third-order valence-electron chi connectivity index (χ3n) is 3.22. The van der Waals surface area contributed by atoms with Crippen molar-refractivity contribution in [3.63, 3.8) is 0 Å². The van der Waals surface area contributed by atoms with Crippen LogP contribution in [0.25, 0.3) is 0 Å². The molecule has 3 heteroatoms. The molecule has 1 unspecified atom stereocenters. The molecular weight excluding hydrogens is 258 g/mol. The number of rotatable bonds is 10. The molecule has 1 N–H and O–H groups in total. The largest absolute Gasteiger partial charge is 0.381 e. The van der Waals surface area contributed by atoms with E-state index in [0.29, 0.717) is 5.92 Å². The van der Waals surface area contributed by atoms with Gasteiger partial charge in [0.05, 0.1) is 0 Å². The van der Waals surface area contributed by atoms with Crippen molar-refractivity contribution in [2.24, 2.45) is 5.92 Å². The molecule has 0 bridgehead atoms. The van der Waals surface area contributed by atoms with Crippen LogP contribution in [0.15, 0.2) is 24.3 Å². The van der Waals surface area contributed by atoms with Gasteiger partial charge >= 0.3 is 0 Å². The zero-order valence-electron chi connectivity index (χ0n) is 12.1. The minimum atomic E-state index is 0.602. The van der Waals surface area contributed by atoms with Crippen LogP contribution in [0.1, 0.15) is 31.7 Å². The van der Waals surface area contributed by atoms with Crippen molar-refractivity contribution >= 4 is 11.6 Å². The molecule has 0 heterocycles. The van der Waals surface area contributed by atoms with Crippen molar-refractivity contribution in [2.45, 2.75) is 32.6 Å². The molecule has 0 spiro atoms. The first-order valence-electron chi connectivity index (χ1n) is 7.23. The summed E-state index contributed by atoms with van der Waals surface area (Å²) >= 11 is 6.03. The number of hydrogen-bond donors (Lipinski definition) is 1. The van der Waals surface area contributed by atoms with Crippen LogP contribution in [0.3, 0.4) is 0 Å². The van der Waals surface area contributed by atoms with Gasteiger partial charge in [-0.3, -0.25) is 0 Å².